The zero-order valence-electron chi connectivity index (χ0n) is 20.2. The fraction of sp³-hybridized carbons (Fsp3) is 0.542. The fourth-order valence-electron chi connectivity index (χ4n) is 4.33. The number of nitrogens with one attached hydrogen (secondary N) is 2. The standard InChI is InChI=1S/C24H35N5O4S/c1-5-25-23(30)26-19-8-6-18(7-9-19)22-27-20(24(10-11-24)34(31,32)16(2)3)14-21(28-22)29-12-13-33-15-17(29)4/h6-9,14,16-17,31-32H,5,10-13,15H2,1-4H3,(H2,25,26,30)/t17-/m0/s1. The van der Waals surface area contributed by atoms with Crippen LogP contribution >= 0.6 is 10.6 Å². The van der Waals surface area contributed by atoms with Gasteiger partial charge in [0.15, 0.2) is 5.82 Å². The van der Waals surface area contributed by atoms with Crippen molar-refractivity contribution >= 4 is 28.1 Å². The van der Waals surface area contributed by atoms with Crippen molar-refractivity contribution in [3.63, 3.8) is 0 Å². The second kappa shape index (κ2) is 9.69. The summed E-state index contributed by atoms with van der Waals surface area (Å²) in [5.41, 5.74) is 2.15. The van der Waals surface area contributed by atoms with Crippen LogP contribution in [0.5, 0.6) is 0 Å². The molecule has 2 aliphatic rings. The van der Waals surface area contributed by atoms with Gasteiger partial charge in [0.1, 0.15) is 10.6 Å². The number of amides is 2. The van der Waals surface area contributed by atoms with Crippen molar-refractivity contribution in [3.8, 4) is 11.4 Å². The molecule has 1 saturated heterocycles. The number of benzene rings is 1. The molecule has 9 nitrogen and oxygen atoms in total. The van der Waals surface area contributed by atoms with Crippen molar-refractivity contribution in [2.24, 2.45) is 0 Å². The van der Waals surface area contributed by atoms with Crippen LogP contribution < -0.4 is 15.5 Å². The number of anilines is 2. The highest BCUT2D eigenvalue weighted by atomic mass is 32.3. The fourth-order valence-corrected chi connectivity index (χ4v) is 6.34. The van der Waals surface area contributed by atoms with Gasteiger partial charge in [0, 0.05) is 35.7 Å². The maximum Gasteiger partial charge on any atom is 0.319 e. The third-order valence-electron chi connectivity index (χ3n) is 6.52. The van der Waals surface area contributed by atoms with Crippen LogP contribution in [-0.4, -0.2) is 62.7 Å². The summed E-state index contributed by atoms with van der Waals surface area (Å²) in [4.78, 5) is 23.7. The first-order valence-corrected chi connectivity index (χ1v) is 13.4. The van der Waals surface area contributed by atoms with Gasteiger partial charge in [0.2, 0.25) is 0 Å². The van der Waals surface area contributed by atoms with Crippen LogP contribution in [0.15, 0.2) is 30.3 Å². The largest absolute Gasteiger partial charge is 0.377 e. The second-order valence-electron chi connectivity index (χ2n) is 9.25. The minimum absolute atomic E-state index is 0.147. The van der Waals surface area contributed by atoms with E-state index in [1.54, 1.807) is 0 Å². The lowest BCUT2D eigenvalue weighted by Crippen LogP contribution is -2.44. The summed E-state index contributed by atoms with van der Waals surface area (Å²) < 4.78 is 27.1. The Hall–Kier alpha value is -2.40. The zero-order chi connectivity index (χ0) is 24.5. The molecule has 0 bridgehead atoms. The Labute approximate surface area is 202 Å². The molecule has 0 unspecified atom stereocenters. The van der Waals surface area contributed by atoms with Crippen LogP contribution in [0.25, 0.3) is 11.4 Å². The Kier molecular flexibility index (Phi) is 7.04. The first kappa shape index (κ1) is 24.7. The number of urea groups is 1. The molecule has 4 rings (SSSR count). The third kappa shape index (κ3) is 4.72. The Bertz CT molecular complexity index is 1030. The number of aromatic nitrogens is 2. The van der Waals surface area contributed by atoms with Gasteiger partial charge >= 0.3 is 6.03 Å². The van der Waals surface area contributed by atoms with Gasteiger partial charge in [-0.15, -0.1) is 0 Å². The molecule has 34 heavy (non-hydrogen) atoms. The van der Waals surface area contributed by atoms with Crippen molar-refractivity contribution in [1.29, 1.82) is 0 Å². The van der Waals surface area contributed by atoms with Gasteiger partial charge < -0.3 is 20.3 Å². The number of ether oxygens (including phenoxy) is 1. The van der Waals surface area contributed by atoms with E-state index in [1.807, 2.05) is 51.1 Å². The molecule has 0 radical (unpaired) electrons. The van der Waals surface area contributed by atoms with Gasteiger partial charge in [-0.3, -0.25) is 9.11 Å². The minimum Gasteiger partial charge on any atom is -0.377 e. The van der Waals surface area contributed by atoms with Crippen LogP contribution in [0, 0.1) is 0 Å². The summed E-state index contributed by atoms with van der Waals surface area (Å²) in [7, 11) is -2.89. The van der Waals surface area contributed by atoms with Gasteiger partial charge in [-0.25, -0.2) is 14.8 Å². The quantitative estimate of drug-likeness (QED) is 0.446. The van der Waals surface area contributed by atoms with E-state index in [2.05, 4.69) is 22.5 Å². The molecule has 2 aromatic rings. The predicted molar refractivity (Wildman–Crippen MR) is 137 cm³/mol. The molecule has 2 fully saturated rings. The van der Waals surface area contributed by atoms with Crippen LogP contribution in [-0.2, 0) is 9.48 Å². The topological polar surface area (TPSA) is 120 Å². The predicted octanol–water partition coefficient (Wildman–Crippen LogP) is 4.66. The van der Waals surface area contributed by atoms with Gasteiger partial charge in [0.25, 0.3) is 0 Å². The lowest BCUT2D eigenvalue weighted by molar-refractivity contribution is 0.0985. The number of hydrogen-bond acceptors (Lipinski definition) is 7. The molecular formula is C24H35N5O4S. The smallest absolute Gasteiger partial charge is 0.319 e. The zero-order valence-corrected chi connectivity index (χ0v) is 21.1. The van der Waals surface area contributed by atoms with Gasteiger partial charge in [-0.05, 0) is 64.8 Å². The van der Waals surface area contributed by atoms with Crippen LogP contribution in [0.4, 0.5) is 16.3 Å². The minimum atomic E-state index is -2.89. The van der Waals surface area contributed by atoms with Crippen LogP contribution in [0.1, 0.15) is 46.2 Å². The van der Waals surface area contributed by atoms with E-state index >= 15 is 0 Å². The Morgan fingerprint density at radius 2 is 1.97 bits per heavy atom. The van der Waals surface area contributed by atoms with Crippen molar-refractivity contribution in [2.45, 2.75) is 56.6 Å². The highest BCUT2D eigenvalue weighted by molar-refractivity contribution is 8.25. The van der Waals surface area contributed by atoms with Crippen LogP contribution in [0.2, 0.25) is 0 Å². The van der Waals surface area contributed by atoms with E-state index in [9.17, 15) is 13.9 Å². The normalized spacial score (nSPS) is 20.2. The Balaban J connectivity index is 1.73. The Morgan fingerprint density at radius 1 is 1.26 bits per heavy atom. The second-order valence-corrected chi connectivity index (χ2v) is 12.2. The Morgan fingerprint density at radius 3 is 2.56 bits per heavy atom. The molecule has 0 spiro atoms. The maximum atomic E-state index is 11.8. The average Bonchev–Trinajstić information content (AvgIpc) is 3.62. The lowest BCUT2D eigenvalue weighted by atomic mass is 10.1. The maximum absolute atomic E-state index is 11.8. The highest BCUT2D eigenvalue weighted by Crippen LogP contribution is 2.73. The molecule has 2 heterocycles. The molecule has 2 amide bonds. The number of carbonyl (C=O) groups excluding carboxylic acids is 1. The molecule has 186 valence electrons. The summed E-state index contributed by atoms with van der Waals surface area (Å²) in [6, 6.07) is 9.18. The van der Waals surface area contributed by atoms with E-state index < -0.39 is 15.3 Å². The number of carbonyl (C=O) groups is 1. The van der Waals surface area contributed by atoms with Crippen molar-refractivity contribution in [2.75, 3.05) is 36.5 Å². The average molecular weight is 490 g/mol. The van der Waals surface area contributed by atoms with Crippen molar-refractivity contribution < 1.29 is 18.6 Å². The van der Waals surface area contributed by atoms with E-state index in [1.165, 1.54) is 0 Å². The number of nitrogens with zero attached hydrogens (tertiary/aromatic N) is 3. The summed E-state index contributed by atoms with van der Waals surface area (Å²) in [5, 5.41) is 5.23. The summed E-state index contributed by atoms with van der Waals surface area (Å²) in [6.07, 6.45) is 1.38. The van der Waals surface area contributed by atoms with E-state index in [-0.39, 0.29) is 17.3 Å². The molecule has 1 aliphatic heterocycles. The number of morpholine rings is 1. The van der Waals surface area contributed by atoms with E-state index in [0.29, 0.717) is 56.4 Å². The number of rotatable bonds is 7. The van der Waals surface area contributed by atoms with Gasteiger partial charge in [-0.2, -0.15) is 10.6 Å². The van der Waals surface area contributed by atoms with Crippen molar-refractivity contribution in [1.82, 2.24) is 15.3 Å². The molecule has 1 saturated carbocycles. The lowest BCUT2D eigenvalue weighted by Gasteiger charge is -2.44. The number of hydrogen-bond donors (Lipinski definition) is 4. The molecule has 1 aromatic carbocycles. The molecule has 1 aliphatic carbocycles. The first-order valence-electron chi connectivity index (χ1n) is 11.8. The SMILES string of the molecule is CCNC(=O)Nc1ccc(-c2nc(N3CCOC[C@@H]3C)cc(C3(S(O)(O)C(C)C)CC3)n2)cc1. The molecule has 1 aromatic heterocycles. The highest BCUT2D eigenvalue weighted by Gasteiger charge is 2.57. The van der Waals surface area contributed by atoms with E-state index in [4.69, 9.17) is 14.7 Å². The third-order valence-corrected chi connectivity index (χ3v) is 9.60. The van der Waals surface area contributed by atoms with Gasteiger partial charge in [-0.1, -0.05) is 0 Å². The van der Waals surface area contributed by atoms with Crippen molar-refractivity contribution in [3.05, 3.63) is 36.0 Å². The van der Waals surface area contributed by atoms with Crippen LogP contribution in [0.3, 0.4) is 0 Å². The summed E-state index contributed by atoms with van der Waals surface area (Å²) in [5.74, 6) is 1.30. The van der Waals surface area contributed by atoms with Gasteiger partial charge in [0.05, 0.1) is 24.9 Å². The molecule has 1 atom stereocenters. The molecule has 4 N–H and O–H groups in total. The monoisotopic (exact) mass is 489 g/mol. The van der Waals surface area contributed by atoms with E-state index in [0.717, 1.165) is 11.4 Å². The first-order chi connectivity index (χ1) is 16.2. The molecule has 10 heteroatoms. The summed E-state index contributed by atoms with van der Waals surface area (Å²) in [6.45, 7) is 10.1. The summed E-state index contributed by atoms with van der Waals surface area (Å²) >= 11 is 0. The molecular weight excluding hydrogens is 454 g/mol.